The number of aromatic nitrogens is 2. The number of aryl methyl sites for hydroxylation is 1. The number of carbonyl (C=O) groups excluding carboxylic acids is 2. The van der Waals surface area contributed by atoms with E-state index in [2.05, 4.69) is 5.10 Å². The fraction of sp³-hybridized carbons (Fsp3) is 0.278. The molecule has 0 N–H and O–H groups in total. The SMILES string of the molecule is Cc1nn(-c2ccccc2)c(C)c1/C=C/C(=O)OCC(=O)N(C)C. The van der Waals surface area contributed by atoms with Crippen LogP contribution in [0, 0.1) is 13.8 Å². The van der Waals surface area contributed by atoms with E-state index in [0.717, 1.165) is 22.6 Å². The van der Waals surface area contributed by atoms with Crippen LogP contribution in [0.5, 0.6) is 0 Å². The lowest BCUT2D eigenvalue weighted by molar-refractivity contribution is -0.146. The third-order valence-corrected chi connectivity index (χ3v) is 3.57. The first-order valence-electron chi connectivity index (χ1n) is 7.56. The third kappa shape index (κ3) is 4.10. The summed E-state index contributed by atoms with van der Waals surface area (Å²) in [5, 5.41) is 4.51. The second-order valence-electron chi connectivity index (χ2n) is 5.56. The molecule has 6 nitrogen and oxygen atoms in total. The first kappa shape index (κ1) is 17.5. The zero-order valence-electron chi connectivity index (χ0n) is 14.3. The highest BCUT2D eigenvalue weighted by atomic mass is 16.5. The number of amides is 1. The van der Waals surface area contributed by atoms with Gasteiger partial charge in [-0.1, -0.05) is 18.2 Å². The molecule has 0 aliphatic rings. The van der Waals surface area contributed by atoms with Crippen LogP contribution in [0.3, 0.4) is 0 Å². The van der Waals surface area contributed by atoms with Gasteiger partial charge >= 0.3 is 5.97 Å². The highest BCUT2D eigenvalue weighted by molar-refractivity contribution is 5.89. The van der Waals surface area contributed by atoms with E-state index in [9.17, 15) is 9.59 Å². The normalized spacial score (nSPS) is 10.8. The van der Waals surface area contributed by atoms with E-state index in [1.54, 1.807) is 20.2 Å². The molecule has 1 heterocycles. The van der Waals surface area contributed by atoms with Gasteiger partial charge in [0.05, 0.1) is 11.4 Å². The molecule has 0 spiro atoms. The van der Waals surface area contributed by atoms with Crippen molar-refractivity contribution in [3.8, 4) is 5.69 Å². The van der Waals surface area contributed by atoms with Gasteiger partial charge in [0.15, 0.2) is 6.61 Å². The van der Waals surface area contributed by atoms with Crippen molar-refractivity contribution in [1.29, 1.82) is 0 Å². The second kappa shape index (κ2) is 7.59. The van der Waals surface area contributed by atoms with Crippen LogP contribution < -0.4 is 0 Å². The lowest BCUT2D eigenvalue weighted by Crippen LogP contribution is -2.27. The van der Waals surface area contributed by atoms with Crippen LogP contribution in [-0.4, -0.2) is 47.3 Å². The Bertz CT molecular complexity index is 761. The lowest BCUT2D eigenvalue weighted by Gasteiger charge is -2.09. The summed E-state index contributed by atoms with van der Waals surface area (Å²) in [7, 11) is 3.22. The molecular weight excluding hydrogens is 306 g/mol. The minimum Gasteiger partial charge on any atom is -0.452 e. The van der Waals surface area contributed by atoms with E-state index in [-0.39, 0.29) is 12.5 Å². The Labute approximate surface area is 141 Å². The predicted molar refractivity (Wildman–Crippen MR) is 91.7 cm³/mol. The molecule has 2 rings (SSSR count). The topological polar surface area (TPSA) is 64.4 Å². The number of likely N-dealkylation sites (N-methyl/N-ethyl adjacent to an activating group) is 1. The van der Waals surface area contributed by atoms with Gasteiger partial charge < -0.3 is 9.64 Å². The molecule has 0 fully saturated rings. The van der Waals surface area contributed by atoms with Crippen LogP contribution in [0.25, 0.3) is 11.8 Å². The average Bonchev–Trinajstić information content (AvgIpc) is 2.85. The van der Waals surface area contributed by atoms with Crippen LogP contribution in [0.2, 0.25) is 0 Å². The molecular formula is C18H21N3O3. The van der Waals surface area contributed by atoms with Crippen molar-refractivity contribution < 1.29 is 14.3 Å². The number of hydrogen-bond acceptors (Lipinski definition) is 4. The summed E-state index contributed by atoms with van der Waals surface area (Å²) in [6, 6.07) is 9.77. The Balaban J connectivity index is 2.11. The monoisotopic (exact) mass is 327 g/mol. The van der Waals surface area contributed by atoms with Crippen LogP contribution >= 0.6 is 0 Å². The number of carbonyl (C=O) groups is 2. The smallest absolute Gasteiger partial charge is 0.331 e. The number of ether oxygens (including phenoxy) is 1. The number of hydrogen-bond donors (Lipinski definition) is 0. The van der Waals surface area contributed by atoms with Crippen molar-refractivity contribution in [1.82, 2.24) is 14.7 Å². The molecule has 0 atom stereocenters. The maximum Gasteiger partial charge on any atom is 0.331 e. The van der Waals surface area contributed by atoms with E-state index in [0.29, 0.717) is 0 Å². The summed E-state index contributed by atoms with van der Waals surface area (Å²) in [5.41, 5.74) is 3.54. The highest BCUT2D eigenvalue weighted by Gasteiger charge is 2.11. The predicted octanol–water partition coefficient (Wildman–Crippen LogP) is 2.13. The van der Waals surface area contributed by atoms with Gasteiger partial charge in [-0.05, 0) is 32.1 Å². The van der Waals surface area contributed by atoms with Crippen LogP contribution in [0.1, 0.15) is 17.0 Å². The molecule has 2 aromatic rings. The number of benzene rings is 1. The Morgan fingerprint density at radius 3 is 2.50 bits per heavy atom. The second-order valence-corrected chi connectivity index (χ2v) is 5.56. The van der Waals surface area contributed by atoms with Gasteiger partial charge in [-0.25, -0.2) is 9.48 Å². The van der Waals surface area contributed by atoms with Crippen LogP contribution in [0.4, 0.5) is 0 Å². The minimum absolute atomic E-state index is 0.263. The Hall–Kier alpha value is -2.89. The summed E-state index contributed by atoms with van der Waals surface area (Å²) in [6.45, 7) is 3.55. The van der Waals surface area contributed by atoms with Crippen molar-refractivity contribution in [3.05, 3.63) is 53.4 Å². The largest absolute Gasteiger partial charge is 0.452 e. The Morgan fingerprint density at radius 1 is 1.21 bits per heavy atom. The van der Waals surface area contributed by atoms with E-state index in [1.807, 2.05) is 48.9 Å². The fourth-order valence-corrected chi connectivity index (χ4v) is 2.18. The molecule has 1 aromatic heterocycles. The third-order valence-electron chi connectivity index (χ3n) is 3.57. The number of rotatable bonds is 5. The van der Waals surface area contributed by atoms with E-state index < -0.39 is 5.97 Å². The molecule has 0 aliphatic carbocycles. The number of esters is 1. The van der Waals surface area contributed by atoms with Gasteiger partial charge in [-0.3, -0.25) is 4.79 Å². The minimum atomic E-state index is -0.559. The Morgan fingerprint density at radius 2 is 1.88 bits per heavy atom. The van der Waals surface area contributed by atoms with E-state index >= 15 is 0 Å². The van der Waals surface area contributed by atoms with Gasteiger partial charge in [0.1, 0.15) is 0 Å². The standard InChI is InChI=1S/C18H21N3O3/c1-13-16(10-11-18(23)24-12-17(22)20(3)4)14(2)21(19-13)15-8-6-5-7-9-15/h5-11H,12H2,1-4H3/b11-10+. The zero-order valence-corrected chi connectivity index (χ0v) is 14.3. The molecule has 0 saturated carbocycles. The molecule has 0 aliphatic heterocycles. The molecule has 24 heavy (non-hydrogen) atoms. The molecule has 0 bridgehead atoms. The van der Waals surface area contributed by atoms with E-state index in [1.165, 1.54) is 11.0 Å². The molecule has 0 unspecified atom stereocenters. The summed E-state index contributed by atoms with van der Waals surface area (Å²) in [5.74, 6) is -0.822. The van der Waals surface area contributed by atoms with Gasteiger partial charge in [-0.2, -0.15) is 5.10 Å². The molecule has 0 radical (unpaired) electrons. The number of para-hydroxylation sites is 1. The van der Waals surface area contributed by atoms with Gasteiger partial charge in [-0.15, -0.1) is 0 Å². The van der Waals surface area contributed by atoms with Crippen molar-refractivity contribution in [2.75, 3.05) is 20.7 Å². The van der Waals surface area contributed by atoms with Crippen LogP contribution in [-0.2, 0) is 14.3 Å². The first-order chi connectivity index (χ1) is 11.4. The lowest BCUT2D eigenvalue weighted by atomic mass is 10.2. The summed E-state index contributed by atoms with van der Waals surface area (Å²) >= 11 is 0. The van der Waals surface area contributed by atoms with Crippen molar-refractivity contribution in [2.24, 2.45) is 0 Å². The summed E-state index contributed by atoms with van der Waals surface area (Å²) in [4.78, 5) is 24.5. The molecule has 1 aromatic carbocycles. The molecule has 6 heteroatoms. The van der Waals surface area contributed by atoms with Crippen molar-refractivity contribution >= 4 is 18.0 Å². The maximum absolute atomic E-state index is 11.7. The van der Waals surface area contributed by atoms with Crippen molar-refractivity contribution in [2.45, 2.75) is 13.8 Å². The van der Waals surface area contributed by atoms with Gasteiger partial charge in [0, 0.05) is 31.4 Å². The highest BCUT2D eigenvalue weighted by Crippen LogP contribution is 2.19. The maximum atomic E-state index is 11.7. The Kier molecular flexibility index (Phi) is 5.52. The van der Waals surface area contributed by atoms with Crippen molar-refractivity contribution in [3.63, 3.8) is 0 Å². The average molecular weight is 327 g/mol. The number of nitrogens with zero attached hydrogens (tertiary/aromatic N) is 3. The zero-order chi connectivity index (χ0) is 17.7. The van der Waals surface area contributed by atoms with Crippen LogP contribution in [0.15, 0.2) is 36.4 Å². The summed E-state index contributed by atoms with van der Waals surface area (Å²) < 4.78 is 6.74. The summed E-state index contributed by atoms with van der Waals surface area (Å²) in [6.07, 6.45) is 2.98. The van der Waals surface area contributed by atoms with Gasteiger partial charge in [0.25, 0.3) is 5.91 Å². The quantitative estimate of drug-likeness (QED) is 0.623. The van der Waals surface area contributed by atoms with Gasteiger partial charge in [0.2, 0.25) is 0 Å². The van der Waals surface area contributed by atoms with E-state index in [4.69, 9.17) is 4.74 Å². The molecule has 1 amide bonds. The fourth-order valence-electron chi connectivity index (χ4n) is 2.18. The molecule has 0 saturated heterocycles. The first-order valence-corrected chi connectivity index (χ1v) is 7.56. The molecule has 126 valence electrons.